The molecule has 0 aromatic heterocycles. The fourth-order valence-corrected chi connectivity index (χ4v) is 4.94. The summed E-state index contributed by atoms with van der Waals surface area (Å²) in [5.74, 6) is 0.582. The molecular weight excluding hydrogens is 404 g/mol. The molecule has 2 aromatic rings. The van der Waals surface area contributed by atoms with Crippen molar-refractivity contribution in [3.05, 3.63) is 71.8 Å². The first kappa shape index (κ1) is 22.8. The first-order chi connectivity index (χ1) is 15.6. The van der Waals surface area contributed by atoms with Gasteiger partial charge in [-0.25, -0.2) is 4.79 Å². The predicted octanol–water partition coefficient (Wildman–Crippen LogP) is 3.83. The minimum Gasteiger partial charge on any atom is -0.445 e. The zero-order valence-corrected chi connectivity index (χ0v) is 18.6. The average Bonchev–Trinajstić information content (AvgIpc) is 3.19. The Labute approximate surface area is 190 Å². The number of rotatable bonds is 7. The third kappa shape index (κ3) is 5.31. The molecule has 0 radical (unpaired) electrons. The molecule has 1 aliphatic heterocycles. The zero-order valence-electron chi connectivity index (χ0n) is 18.6. The number of hydrogen-bond acceptors (Lipinski definition) is 5. The highest BCUT2D eigenvalue weighted by molar-refractivity contribution is 5.69. The lowest BCUT2D eigenvalue weighted by atomic mass is 9.83. The molecule has 1 saturated heterocycles. The quantitative estimate of drug-likeness (QED) is 0.686. The van der Waals surface area contributed by atoms with Crippen LogP contribution in [0.1, 0.15) is 49.1 Å². The fourth-order valence-electron chi connectivity index (χ4n) is 4.94. The molecule has 1 heterocycles. The number of aliphatic hydroxyl groups is 1. The van der Waals surface area contributed by atoms with Gasteiger partial charge in [0.1, 0.15) is 6.61 Å². The number of benzene rings is 2. The summed E-state index contributed by atoms with van der Waals surface area (Å²) in [6.07, 6.45) is 4.43. The van der Waals surface area contributed by atoms with E-state index >= 15 is 0 Å². The van der Waals surface area contributed by atoms with Crippen LogP contribution in [0.25, 0.3) is 0 Å². The number of hydrogen-bond donors (Lipinski definition) is 2. The van der Waals surface area contributed by atoms with Crippen LogP contribution in [0.2, 0.25) is 0 Å². The molecule has 3 N–H and O–H groups in total. The van der Waals surface area contributed by atoms with Gasteiger partial charge in [0.05, 0.1) is 30.9 Å². The number of carbonyl (C=O) groups is 1. The standard InChI is InChI=1S/C26H34N2O4/c27-26(19-29)15-16-28(25(30)32-17-20-7-3-1-4-8-20)24(26)18-31-23-13-11-22(12-14-23)21-9-5-2-6-10-21/h1-10,22-24,29H,11-19,27H2/t22-,23+,24-,26+/m0/s1. The predicted molar refractivity (Wildman–Crippen MR) is 123 cm³/mol. The van der Waals surface area contributed by atoms with E-state index in [1.165, 1.54) is 5.56 Å². The van der Waals surface area contributed by atoms with Crippen LogP contribution in [0.4, 0.5) is 4.79 Å². The van der Waals surface area contributed by atoms with E-state index in [1.54, 1.807) is 4.90 Å². The molecule has 4 rings (SSSR count). The lowest BCUT2D eigenvalue weighted by Gasteiger charge is -2.35. The van der Waals surface area contributed by atoms with Crippen LogP contribution in [0, 0.1) is 0 Å². The summed E-state index contributed by atoms with van der Waals surface area (Å²) < 4.78 is 11.8. The first-order valence-corrected chi connectivity index (χ1v) is 11.6. The van der Waals surface area contributed by atoms with Crippen molar-refractivity contribution in [2.75, 3.05) is 19.8 Å². The largest absolute Gasteiger partial charge is 0.445 e. The van der Waals surface area contributed by atoms with Crippen LogP contribution < -0.4 is 5.73 Å². The molecule has 1 amide bonds. The molecule has 0 unspecified atom stereocenters. The van der Waals surface area contributed by atoms with E-state index in [-0.39, 0.29) is 19.3 Å². The minimum absolute atomic E-state index is 0.153. The second-order valence-corrected chi connectivity index (χ2v) is 9.11. The highest BCUT2D eigenvalue weighted by atomic mass is 16.6. The number of nitrogens with two attached hydrogens (primary N) is 1. The Hall–Kier alpha value is -2.41. The number of aliphatic hydroxyl groups excluding tert-OH is 1. The van der Waals surface area contributed by atoms with Crippen molar-refractivity contribution in [2.45, 2.75) is 62.3 Å². The minimum atomic E-state index is -0.868. The third-order valence-corrected chi connectivity index (χ3v) is 7.03. The van der Waals surface area contributed by atoms with E-state index in [2.05, 4.69) is 30.3 Å². The molecular formula is C26H34N2O4. The molecule has 1 saturated carbocycles. The van der Waals surface area contributed by atoms with Crippen molar-refractivity contribution in [2.24, 2.45) is 5.73 Å². The van der Waals surface area contributed by atoms with Gasteiger partial charge in [-0.3, -0.25) is 0 Å². The highest BCUT2D eigenvalue weighted by Gasteiger charge is 2.47. The molecule has 172 valence electrons. The summed E-state index contributed by atoms with van der Waals surface area (Å²) in [6, 6.07) is 19.8. The Morgan fingerprint density at radius 2 is 1.69 bits per heavy atom. The summed E-state index contributed by atoms with van der Waals surface area (Å²) >= 11 is 0. The van der Waals surface area contributed by atoms with Gasteiger partial charge in [-0.1, -0.05) is 60.7 Å². The second-order valence-electron chi connectivity index (χ2n) is 9.11. The topological polar surface area (TPSA) is 85.0 Å². The Balaban J connectivity index is 1.31. The maximum absolute atomic E-state index is 12.8. The van der Waals surface area contributed by atoms with Gasteiger partial charge in [-0.05, 0) is 49.1 Å². The molecule has 2 fully saturated rings. The van der Waals surface area contributed by atoms with Gasteiger partial charge in [0.25, 0.3) is 0 Å². The van der Waals surface area contributed by atoms with Crippen LogP contribution in [0.15, 0.2) is 60.7 Å². The van der Waals surface area contributed by atoms with Crippen molar-refractivity contribution in [1.29, 1.82) is 0 Å². The molecule has 32 heavy (non-hydrogen) atoms. The average molecular weight is 439 g/mol. The van der Waals surface area contributed by atoms with E-state index in [4.69, 9.17) is 15.2 Å². The Morgan fingerprint density at radius 3 is 2.34 bits per heavy atom. The second kappa shape index (κ2) is 10.5. The van der Waals surface area contributed by atoms with Crippen LogP contribution in [-0.4, -0.2) is 53.5 Å². The van der Waals surface area contributed by atoms with Crippen molar-refractivity contribution >= 4 is 6.09 Å². The normalized spacial score (nSPS) is 27.9. The molecule has 6 nitrogen and oxygen atoms in total. The van der Waals surface area contributed by atoms with E-state index < -0.39 is 17.7 Å². The maximum atomic E-state index is 12.8. The number of ether oxygens (including phenoxy) is 2. The summed E-state index contributed by atoms with van der Waals surface area (Å²) in [5.41, 5.74) is 7.94. The molecule has 0 bridgehead atoms. The lowest BCUT2D eigenvalue weighted by molar-refractivity contribution is -0.0202. The molecule has 6 heteroatoms. The monoisotopic (exact) mass is 438 g/mol. The number of amides is 1. The molecule has 2 atom stereocenters. The first-order valence-electron chi connectivity index (χ1n) is 11.6. The molecule has 1 aliphatic carbocycles. The smallest absolute Gasteiger partial charge is 0.410 e. The van der Waals surface area contributed by atoms with Gasteiger partial charge >= 0.3 is 6.09 Å². The van der Waals surface area contributed by atoms with Crippen LogP contribution in [0.3, 0.4) is 0 Å². The van der Waals surface area contributed by atoms with Gasteiger partial charge < -0.3 is 25.2 Å². The van der Waals surface area contributed by atoms with Crippen molar-refractivity contribution in [3.63, 3.8) is 0 Å². The van der Waals surface area contributed by atoms with E-state index in [9.17, 15) is 9.90 Å². The van der Waals surface area contributed by atoms with E-state index in [1.807, 2.05) is 30.3 Å². The van der Waals surface area contributed by atoms with Crippen molar-refractivity contribution < 1.29 is 19.4 Å². The fraction of sp³-hybridized carbons (Fsp3) is 0.500. The molecule has 0 spiro atoms. The summed E-state index contributed by atoms with van der Waals surface area (Å²) in [5, 5.41) is 9.94. The van der Waals surface area contributed by atoms with Crippen LogP contribution in [0.5, 0.6) is 0 Å². The molecule has 2 aromatic carbocycles. The number of likely N-dealkylation sites (tertiary alicyclic amines) is 1. The van der Waals surface area contributed by atoms with Gasteiger partial charge in [0, 0.05) is 6.54 Å². The SMILES string of the molecule is N[C@@]1(CO)CCN(C(=O)OCc2ccccc2)[C@H]1CO[C@H]1CC[C@@H](c2ccccc2)CC1. The van der Waals surface area contributed by atoms with Gasteiger partial charge in [-0.2, -0.15) is 0 Å². The van der Waals surface area contributed by atoms with Crippen LogP contribution >= 0.6 is 0 Å². The summed E-state index contributed by atoms with van der Waals surface area (Å²) in [6.45, 7) is 0.797. The van der Waals surface area contributed by atoms with Crippen LogP contribution in [-0.2, 0) is 16.1 Å². The molecule has 2 aliphatic rings. The van der Waals surface area contributed by atoms with Gasteiger partial charge in [-0.15, -0.1) is 0 Å². The number of nitrogens with zero attached hydrogens (tertiary/aromatic N) is 1. The zero-order chi connectivity index (χ0) is 22.4. The third-order valence-electron chi connectivity index (χ3n) is 7.03. The van der Waals surface area contributed by atoms with Crippen molar-refractivity contribution in [3.8, 4) is 0 Å². The lowest BCUT2D eigenvalue weighted by Crippen LogP contribution is -2.57. The van der Waals surface area contributed by atoms with E-state index in [0.717, 1.165) is 31.2 Å². The summed E-state index contributed by atoms with van der Waals surface area (Å²) in [7, 11) is 0. The summed E-state index contributed by atoms with van der Waals surface area (Å²) in [4.78, 5) is 14.4. The van der Waals surface area contributed by atoms with Gasteiger partial charge in [0.15, 0.2) is 0 Å². The number of carbonyl (C=O) groups excluding carboxylic acids is 1. The van der Waals surface area contributed by atoms with Crippen molar-refractivity contribution in [1.82, 2.24) is 4.90 Å². The maximum Gasteiger partial charge on any atom is 0.410 e. The Kier molecular flexibility index (Phi) is 7.45. The van der Waals surface area contributed by atoms with Gasteiger partial charge in [0.2, 0.25) is 0 Å². The Bertz CT molecular complexity index is 855. The Morgan fingerprint density at radius 1 is 1.03 bits per heavy atom. The van der Waals surface area contributed by atoms with E-state index in [0.29, 0.717) is 25.5 Å². The highest BCUT2D eigenvalue weighted by Crippen LogP contribution is 2.35.